The molecule has 0 fully saturated rings. The van der Waals surface area contributed by atoms with Gasteiger partial charge in [-0.2, -0.15) is 0 Å². The number of hydrogen-bond donors (Lipinski definition) is 0. The first-order valence-electron chi connectivity index (χ1n) is 20.1. The van der Waals surface area contributed by atoms with Gasteiger partial charge in [0, 0.05) is 42.2 Å². The number of aromatic nitrogens is 1. The van der Waals surface area contributed by atoms with Crippen molar-refractivity contribution in [3.05, 3.63) is 212 Å². The lowest BCUT2D eigenvalue weighted by atomic mass is 9.90. The zero-order valence-electron chi connectivity index (χ0n) is 32.6. The SMILES string of the molecule is C=C(/N=C(\C)c1cccc2c(-c3cccc(-c4cc(-c5ccccc5)cc(-c5ccccc5)c4)c3)cccc12)n1c2ccccc2c2c3sc4ccccc4c3ccc21. The molecule has 0 aliphatic heterocycles. The Labute approximate surface area is 347 Å². The van der Waals surface area contributed by atoms with E-state index >= 15 is 0 Å². The Kier molecular flexibility index (Phi) is 8.42. The molecule has 0 unspecified atom stereocenters. The highest BCUT2D eigenvalue weighted by atomic mass is 32.1. The molecule has 2 heterocycles. The zero-order chi connectivity index (χ0) is 39.5. The molecule has 0 N–H and O–H groups in total. The third-order valence-electron chi connectivity index (χ3n) is 11.7. The summed E-state index contributed by atoms with van der Waals surface area (Å²) in [6.45, 7) is 6.71. The van der Waals surface area contributed by atoms with E-state index in [-0.39, 0.29) is 0 Å². The number of fused-ring (bicyclic) bond motifs is 8. The Hall–Kier alpha value is -7.33. The van der Waals surface area contributed by atoms with Gasteiger partial charge in [0.2, 0.25) is 0 Å². The fourth-order valence-electron chi connectivity index (χ4n) is 8.95. The summed E-state index contributed by atoms with van der Waals surface area (Å²) in [5.41, 5.74) is 13.8. The molecule has 0 atom stereocenters. The van der Waals surface area contributed by atoms with Crippen LogP contribution in [0.3, 0.4) is 0 Å². The summed E-state index contributed by atoms with van der Waals surface area (Å²) in [5, 5.41) is 7.42. The molecule has 2 nitrogen and oxygen atoms in total. The molecule has 2 aromatic heterocycles. The van der Waals surface area contributed by atoms with Crippen LogP contribution in [0.5, 0.6) is 0 Å². The van der Waals surface area contributed by atoms with Crippen LogP contribution >= 0.6 is 11.3 Å². The van der Waals surface area contributed by atoms with Gasteiger partial charge in [0.25, 0.3) is 0 Å². The highest BCUT2D eigenvalue weighted by molar-refractivity contribution is 7.26. The second kappa shape index (κ2) is 14.2. The summed E-state index contributed by atoms with van der Waals surface area (Å²) >= 11 is 1.86. The van der Waals surface area contributed by atoms with E-state index in [4.69, 9.17) is 4.99 Å². The molecule has 0 saturated carbocycles. The van der Waals surface area contributed by atoms with E-state index in [2.05, 4.69) is 218 Å². The number of rotatable bonds is 7. The highest BCUT2D eigenvalue weighted by Gasteiger charge is 2.18. The predicted octanol–water partition coefficient (Wildman–Crippen LogP) is 15.9. The minimum Gasteiger partial charge on any atom is -0.294 e. The molecule has 3 heteroatoms. The molecule has 9 aromatic carbocycles. The van der Waals surface area contributed by atoms with Gasteiger partial charge >= 0.3 is 0 Å². The Bertz CT molecular complexity index is 3400. The first-order valence-corrected chi connectivity index (χ1v) is 20.9. The molecule has 0 radical (unpaired) electrons. The maximum absolute atomic E-state index is 5.27. The quantitative estimate of drug-likeness (QED) is 0.144. The van der Waals surface area contributed by atoms with E-state index in [0.717, 1.165) is 27.7 Å². The van der Waals surface area contributed by atoms with Gasteiger partial charge in [-0.1, -0.05) is 164 Å². The van der Waals surface area contributed by atoms with Crippen LogP contribution < -0.4 is 0 Å². The van der Waals surface area contributed by atoms with Crippen LogP contribution in [0.25, 0.3) is 103 Å². The van der Waals surface area contributed by atoms with Gasteiger partial charge in [0.15, 0.2) is 0 Å². The van der Waals surface area contributed by atoms with Crippen molar-refractivity contribution in [2.45, 2.75) is 6.92 Å². The average molecular weight is 771 g/mol. The molecule has 0 bridgehead atoms. The van der Waals surface area contributed by atoms with Gasteiger partial charge in [-0.3, -0.25) is 4.57 Å². The molecule has 11 aromatic rings. The lowest BCUT2D eigenvalue weighted by Crippen LogP contribution is -2.00. The van der Waals surface area contributed by atoms with Crippen molar-refractivity contribution in [2.75, 3.05) is 0 Å². The molecule has 11 rings (SSSR count). The van der Waals surface area contributed by atoms with Crippen molar-refractivity contribution < 1.29 is 0 Å². The number of para-hydroxylation sites is 1. The van der Waals surface area contributed by atoms with Crippen LogP contribution in [0.4, 0.5) is 0 Å². The molecule has 0 saturated heterocycles. The predicted molar refractivity (Wildman–Crippen MR) is 256 cm³/mol. The van der Waals surface area contributed by atoms with Crippen LogP contribution in [0.1, 0.15) is 12.5 Å². The zero-order valence-corrected chi connectivity index (χ0v) is 33.4. The second-order valence-corrected chi connectivity index (χ2v) is 16.3. The number of thiophene rings is 1. The van der Waals surface area contributed by atoms with Gasteiger partial charge < -0.3 is 0 Å². The fourth-order valence-corrected chi connectivity index (χ4v) is 10.2. The Morgan fingerprint density at radius 1 is 0.441 bits per heavy atom. The van der Waals surface area contributed by atoms with E-state index < -0.39 is 0 Å². The van der Waals surface area contributed by atoms with E-state index in [9.17, 15) is 0 Å². The summed E-state index contributed by atoms with van der Waals surface area (Å²) in [7, 11) is 0. The third-order valence-corrected chi connectivity index (χ3v) is 12.9. The maximum atomic E-state index is 5.27. The minimum absolute atomic E-state index is 0.697. The van der Waals surface area contributed by atoms with E-state index in [1.165, 1.54) is 80.8 Å². The normalized spacial score (nSPS) is 12.0. The van der Waals surface area contributed by atoms with Crippen LogP contribution in [0.15, 0.2) is 212 Å². The molecule has 0 aliphatic rings. The number of benzene rings is 9. The highest BCUT2D eigenvalue weighted by Crippen LogP contribution is 2.43. The third kappa shape index (κ3) is 5.98. The Balaban J connectivity index is 0.995. The van der Waals surface area contributed by atoms with Crippen molar-refractivity contribution >= 4 is 75.6 Å². The Morgan fingerprint density at radius 3 is 1.76 bits per heavy atom. The van der Waals surface area contributed by atoms with Gasteiger partial charge in [-0.15, -0.1) is 11.3 Å². The smallest absolute Gasteiger partial charge is 0.130 e. The van der Waals surface area contributed by atoms with Crippen molar-refractivity contribution in [2.24, 2.45) is 4.99 Å². The number of hydrogen-bond acceptors (Lipinski definition) is 2. The van der Waals surface area contributed by atoms with Crippen molar-refractivity contribution in [1.29, 1.82) is 0 Å². The second-order valence-electron chi connectivity index (χ2n) is 15.2. The fraction of sp³-hybridized carbons (Fsp3) is 0.0179. The lowest BCUT2D eigenvalue weighted by Gasteiger charge is -2.14. The van der Waals surface area contributed by atoms with Crippen LogP contribution in [0.2, 0.25) is 0 Å². The first kappa shape index (κ1) is 34.9. The standard InChI is InChI=1S/C56H38N2S/c1-36(57-37(2)58-52-28-11-9-23-51(52)55-53(58)31-30-50-49-22-10-12-29-54(49)59-56(50)55)45-24-14-27-48-46(25-15-26-47(45)48)41-21-13-20-40(32-41)44-34-42(38-16-5-3-6-17-38)33-43(35-44)39-18-7-4-8-19-39/h3-35H,2H2,1H3/b57-36+. The van der Waals surface area contributed by atoms with Crippen LogP contribution in [-0.4, -0.2) is 10.3 Å². The monoisotopic (exact) mass is 770 g/mol. The summed E-state index contributed by atoms with van der Waals surface area (Å²) in [6.07, 6.45) is 0. The molecule has 0 aliphatic carbocycles. The number of nitrogens with zero attached hydrogens (tertiary/aromatic N) is 2. The van der Waals surface area contributed by atoms with Gasteiger partial charge in [-0.05, 0) is 105 Å². The number of aliphatic imine (C=N–C) groups is 1. The van der Waals surface area contributed by atoms with Crippen LogP contribution in [0, 0.1) is 0 Å². The van der Waals surface area contributed by atoms with Crippen molar-refractivity contribution in [1.82, 2.24) is 4.57 Å². The van der Waals surface area contributed by atoms with Crippen molar-refractivity contribution in [3.63, 3.8) is 0 Å². The Morgan fingerprint density at radius 2 is 1.00 bits per heavy atom. The maximum Gasteiger partial charge on any atom is 0.130 e. The van der Waals surface area contributed by atoms with Crippen molar-refractivity contribution in [3.8, 4) is 44.5 Å². The van der Waals surface area contributed by atoms with Gasteiger partial charge in [0.05, 0.1) is 11.0 Å². The topological polar surface area (TPSA) is 17.3 Å². The first-order chi connectivity index (χ1) is 29.1. The minimum atomic E-state index is 0.697. The summed E-state index contributed by atoms with van der Waals surface area (Å²) < 4.78 is 4.84. The molecule has 0 spiro atoms. The summed E-state index contributed by atoms with van der Waals surface area (Å²) in [4.78, 5) is 5.27. The summed E-state index contributed by atoms with van der Waals surface area (Å²) in [5.74, 6) is 0.697. The lowest BCUT2D eigenvalue weighted by molar-refractivity contribution is 1.18. The summed E-state index contributed by atoms with van der Waals surface area (Å²) in [6, 6.07) is 72.2. The van der Waals surface area contributed by atoms with Gasteiger partial charge in [0.1, 0.15) is 5.82 Å². The molecular weight excluding hydrogens is 733 g/mol. The van der Waals surface area contributed by atoms with E-state index in [0.29, 0.717) is 5.82 Å². The molecule has 0 amide bonds. The molecule has 278 valence electrons. The average Bonchev–Trinajstić information content (AvgIpc) is 3.85. The van der Waals surface area contributed by atoms with E-state index in [1.54, 1.807) is 0 Å². The van der Waals surface area contributed by atoms with Gasteiger partial charge in [-0.25, -0.2) is 4.99 Å². The van der Waals surface area contributed by atoms with Crippen LogP contribution in [-0.2, 0) is 0 Å². The van der Waals surface area contributed by atoms with E-state index in [1.807, 2.05) is 11.3 Å². The molecule has 59 heavy (non-hydrogen) atoms. The molecular formula is C56H38N2S. The largest absolute Gasteiger partial charge is 0.294 e.